The normalized spacial score (nSPS) is 12.1. The molecule has 1 radical (unpaired) electrons. The summed E-state index contributed by atoms with van der Waals surface area (Å²) in [6.07, 6.45) is 7.57. The van der Waals surface area contributed by atoms with E-state index in [1.165, 1.54) is 22.6 Å². The van der Waals surface area contributed by atoms with Gasteiger partial charge in [-0.25, -0.2) is 0 Å². The van der Waals surface area contributed by atoms with Crippen molar-refractivity contribution in [3.05, 3.63) is 89.3 Å². The predicted molar refractivity (Wildman–Crippen MR) is 194 cm³/mol. The zero-order chi connectivity index (χ0) is 34.2. The SMILES string of the molecule is CC(C)(C)Cc1ccc2c(-c3[c-]c4ccccc4c(C(C)(C)C)c3)ncc(C#N)c2c1.CCC(CC)C(=O)/C=C(\O)C(CC)CC.[Ir]. The Labute approximate surface area is 297 Å². The van der Waals surface area contributed by atoms with E-state index in [0.29, 0.717) is 5.56 Å². The average Bonchev–Trinajstić information content (AvgIpc) is 3.00. The van der Waals surface area contributed by atoms with Gasteiger partial charge in [0.25, 0.3) is 0 Å². The maximum Gasteiger partial charge on any atom is 0.162 e. The molecule has 5 heteroatoms. The standard InChI is InChI=1S/C29H29N2.C13H24O2.Ir/c1-28(2,3)16-19-11-12-24-25(13-19)22(17-30)18-31-27(24)21-14-20-9-7-8-10-23(20)26(15-21)29(4,5)6;1-5-10(6-2)12(14)9-13(15)11(7-3)8-4;/h7-13,15,18H,16H2,1-6H3;9-11,14H,5-8H2,1-4H3;/q-1;;/b;12-9-;. The number of carbonyl (C=O) groups excluding carboxylic acids is 1. The Morgan fingerprint density at radius 3 is 2.06 bits per heavy atom. The molecule has 4 aromatic rings. The molecule has 0 saturated carbocycles. The number of pyridine rings is 1. The number of aromatic nitrogens is 1. The fraction of sp³-hybridized carbons (Fsp3) is 0.452. The quantitative estimate of drug-likeness (QED) is 0.104. The molecule has 0 saturated heterocycles. The molecule has 0 fully saturated rings. The van der Waals surface area contributed by atoms with Gasteiger partial charge in [0.05, 0.1) is 11.3 Å². The molecule has 0 aliphatic carbocycles. The molecule has 4 nitrogen and oxygen atoms in total. The Bertz CT molecular complexity index is 1730. The average molecular weight is 810 g/mol. The third-order valence-corrected chi connectivity index (χ3v) is 8.73. The molecule has 1 N–H and O–H groups in total. The van der Waals surface area contributed by atoms with Crippen molar-refractivity contribution in [1.82, 2.24) is 4.98 Å². The van der Waals surface area contributed by atoms with Crippen molar-refractivity contribution < 1.29 is 30.0 Å². The number of ketones is 1. The molecule has 4 rings (SSSR count). The van der Waals surface area contributed by atoms with Crippen LogP contribution in [0, 0.1) is 34.6 Å². The second kappa shape index (κ2) is 17.2. The molecule has 0 spiro atoms. The van der Waals surface area contributed by atoms with Crippen molar-refractivity contribution in [2.75, 3.05) is 0 Å². The van der Waals surface area contributed by atoms with Gasteiger partial charge in [-0.1, -0.05) is 117 Å². The van der Waals surface area contributed by atoms with Crippen LogP contribution in [0.2, 0.25) is 0 Å². The molecule has 3 aromatic carbocycles. The van der Waals surface area contributed by atoms with Crippen LogP contribution in [0.1, 0.15) is 112 Å². The minimum Gasteiger partial charge on any atom is -0.512 e. The van der Waals surface area contributed by atoms with E-state index in [1.54, 1.807) is 6.20 Å². The molecule has 47 heavy (non-hydrogen) atoms. The Hall–Kier alpha value is -3.32. The van der Waals surface area contributed by atoms with Gasteiger partial charge in [-0.15, -0.1) is 29.1 Å². The maximum atomic E-state index is 11.7. The van der Waals surface area contributed by atoms with Gasteiger partial charge in [0.1, 0.15) is 6.07 Å². The molecule has 0 amide bonds. The first kappa shape index (κ1) is 39.9. The number of nitrogens with zero attached hydrogens (tertiary/aromatic N) is 2. The Kier molecular flexibility index (Phi) is 14.6. The second-order valence-corrected chi connectivity index (χ2v) is 14.6. The van der Waals surface area contributed by atoms with Crippen LogP contribution in [-0.2, 0) is 36.7 Å². The summed E-state index contributed by atoms with van der Waals surface area (Å²) in [4.78, 5) is 16.4. The number of rotatable bonds is 9. The maximum absolute atomic E-state index is 11.7. The fourth-order valence-electron chi connectivity index (χ4n) is 6.07. The van der Waals surface area contributed by atoms with Crippen LogP contribution in [-0.4, -0.2) is 15.9 Å². The van der Waals surface area contributed by atoms with Gasteiger partial charge >= 0.3 is 0 Å². The summed E-state index contributed by atoms with van der Waals surface area (Å²) in [6, 6.07) is 23.0. The Morgan fingerprint density at radius 2 is 1.51 bits per heavy atom. The summed E-state index contributed by atoms with van der Waals surface area (Å²) in [5, 5.41) is 23.8. The van der Waals surface area contributed by atoms with Crippen LogP contribution in [0.4, 0.5) is 0 Å². The van der Waals surface area contributed by atoms with Crippen LogP contribution in [0.3, 0.4) is 0 Å². The van der Waals surface area contributed by atoms with Crippen LogP contribution in [0.5, 0.6) is 0 Å². The smallest absolute Gasteiger partial charge is 0.162 e. The van der Waals surface area contributed by atoms with Crippen molar-refractivity contribution in [2.45, 2.75) is 107 Å². The Morgan fingerprint density at radius 1 is 0.894 bits per heavy atom. The molecule has 253 valence electrons. The topological polar surface area (TPSA) is 74.0 Å². The van der Waals surface area contributed by atoms with Crippen LogP contribution >= 0.6 is 0 Å². The van der Waals surface area contributed by atoms with Gasteiger partial charge in [-0.3, -0.25) is 9.78 Å². The van der Waals surface area contributed by atoms with E-state index in [2.05, 4.69) is 102 Å². The van der Waals surface area contributed by atoms with Gasteiger partial charge in [-0.2, -0.15) is 5.26 Å². The van der Waals surface area contributed by atoms with E-state index in [1.807, 2.05) is 27.7 Å². The summed E-state index contributed by atoms with van der Waals surface area (Å²) in [7, 11) is 0. The summed E-state index contributed by atoms with van der Waals surface area (Å²) in [5.41, 5.74) is 5.17. The van der Waals surface area contributed by atoms with E-state index in [0.717, 1.165) is 59.5 Å². The number of carbonyl (C=O) groups is 1. The number of hydrogen-bond acceptors (Lipinski definition) is 4. The second-order valence-electron chi connectivity index (χ2n) is 14.6. The summed E-state index contributed by atoms with van der Waals surface area (Å²) >= 11 is 0. The number of allylic oxidation sites excluding steroid dienone is 2. The summed E-state index contributed by atoms with van der Waals surface area (Å²) < 4.78 is 0. The molecular formula is C42H53IrN2O2-. The third kappa shape index (κ3) is 10.3. The van der Waals surface area contributed by atoms with Crippen molar-refractivity contribution in [2.24, 2.45) is 17.3 Å². The minimum atomic E-state index is -0.00820. The van der Waals surface area contributed by atoms with Gasteiger partial charge in [-0.05, 0) is 59.3 Å². The predicted octanol–water partition coefficient (Wildman–Crippen LogP) is 11.5. The zero-order valence-electron chi connectivity index (χ0n) is 30.0. The zero-order valence-corrected chi connectivity index (χ0v) is 32.4. The first-order chi connectivity index (χ1) is 21.7. The third-order valence-electron chi connectivity index (χ3n) is 8.73. The first-order valence-electron chi connectivity index (χ1n) is 16.9. The molecule has 0 aliphatic heterocycles. The minimum absolute atomic E-state index is 0. The number of aliphatic hydroxyl groups excluding tert-OH is 1. The number of hydrogen-bond donors (Lipinski definition) is 1. The van der Waals surface area contributed by atoms with Crippen molar-refractivity contribution in [3.8, 4) is 17.3 Å². The molecule has 0 aliphatic rings. The van der Waals surface area contributed by atoms with Gasteiger partial charge in [0, 0.05) is 49.9 Å². The van der Waals surface area contributed by atoms with Crippen molar-refractivity contribution in [1.29, 1.82) is 5.26 Å². The number of benzene rings is 3. The number of aliphatic hydroxyl groups is 1. The molecule has 1 aromatic heterocycles. The van der Waals surface area contributed by atoms with Gasteiger partial charge in [0.2, 0.25) is 0 Å². The van der Waals surface area contributed by atoms with Crippen molar-refractivity contribution >= 4 is 27.3 Å². The Balaban J connectivity index is 0.000000410. The van der Waals surface area contributed by atoms with E-state index in [9.17, 15) is 15.2 Å². The number of nitriles is 1. The number of fused-ring (bicyclic) bond motifs is 2. The van der Waals surface area contributed by atoms with Crippen LogP contribution in [0.25, 0.3) is 32.8 Å². The fourth-order valence-corrected chi connectivity index (χ4v) is 6.07. The van der Waals surface area contributed by atoms with E-state index < -0.39 is 0 Å². The van der Waals surface area contributed by atoms with Gasteiger partial charge in [0.15, 0.2) is 5.78 Å². The van der Waals surface area contributed by atoms with E-state index in [4.69, 9.17) is 4.98 Å². The van der Waals surface area contributed by atoms with Crippen LogP contribution < -0.4 is 0 Å². The summed E-state index contributed by atoms with van der Waals surface area (Å²) in [6.45, 7) is 21.5. The van der Waals surface area contributed by atoms with Crippen molar-refractivity contribution in [3.63, 3.8) is 0 Å². The molecular weight excluding hydrogens is 757 g/mol. The molecule has 0 bridgehead atoms. The van der Waals surface area contributed by atoms with Crippen LogP contribution in [0.15, 0.2) is 66.6 Å². The summed E-state index contributed by atoms with van der Waals surface area (Å²) in [5.74, 6) is 0.547. The van der Waals surface area contributed by atoms with E-state index >= 15 is 0 Å². The van der Waals surface area contributed by atoms with Gasteiger partial charge < -0.3 is 5.11 Å². The molecule has 1 heterocycles. The molecule has 0 unspecified atom stereocenters. The molecule has 0 atom stereocenters. The first-order valence-corrected chi connectivity index (χ1v) is 16.9. The largest absolute Gasteiger partial charge is 0.512 e. The van der Waals surface area contributed by atoms with E-state index in [-0.39, 0.29) is 54.3 Å². The monoisotopic (exact) mass is 810 g/mol.